The first-order chi connectivity index (χ1) is 17.8. The average molecular weight is 517 g/mol. The maximum Gasteiger partial charge on any atom is 0.355 e. The third-order valence-electron chi connectivity index (χ3n) is 5.97. The Hall–Kier alpha value is -4.35. The maximum absolute atomic E-state index is 13.5. The minimum absolute atomic E-state index is 0.0238. The number of halogens is 1. The number of carbonyl (C=O) groups excluding carboxylic acids is 2. The molecule has 0 bridgehead atoms. The van der Waals surface area contributed by atoms with Crippen molar-refractivity contribution in [3.05, 3.63) is 93.5 Å². The molecular weight excluding hydrogens is 492 g/mol. The number of rotatable bonds is 6. The molecule has 1 aromatic heterocycles. The van der Waals surface area contributed by atoms with Crippen molar-refractivity contribution in [1.29, 1.82) is 5.26 Å². The number of ether oxygens (including phenoxy) is 2. The van der Waals surface area contributed by atoms with Gasteiger partial charge in [0.25, 0.3) is 0 Å². The molecule has 37 heavy (non-hydrogen) atoms. The molecule has 0 spiro atoms. The van der Waals surface area contributed by atoms with E-state index in [1.807, 2.05) is 37.3 Å². The zero-order chi connectivity index (χ0) is 26.7. The summed E-state index contributed by atoms with van der Waals surface area (Å²) in [4.78, 5) is 32.8. The highest BCUT2D eigenvalue weighted by atomic mass is 35.5. The fourth-order valence-electron chi connectivity index (χ4n) is 4.32. The number of aromatic nitrogens is 1. The normalized spacial score (nSPS) is 15.5. The molecule has 4 rings (SSSR count). The molecule has 9 heteroatoms. The van der Waals surface area contributed by atoms with Crippen LogP contribution in [0.25, 0.3) is 10.9 Å². The van der Waals surface area contributed by atoms with Gasteiger partial charge in [0.1, 0.15) is 16.7 Å². The van der Waals surface area contributed by atoms with Gasteiger partial charge in [-0.25, -0.2) is 14.6 Å². The van der Waals surface area contributed by atoms with E-state index in [9.17, 15) is 14.9 Å². The molecule has 188 valence electrons. The van der Waals surface area contributed by atoms with Crippen LogP contribution in [0.5, 0.6) is 0 Å². The predicted octanol–water partition coefficient (Wildman–Crippen LogP) is 4.87. The van der Waals surface area contributed by atoms with E-state index in [0.717, 1.165) is 10.9 Å². The van der Waals surface area contributed by atoms with Crippen molar-refractivity contribution in [1.82, 2.24) is 4.98 Å². The van der Waals surface area contributed by atoms with E-state index in [4.69, 9.17) is 26.8 Å². The SMILES string of the molecule is CCOC(=O)C1=C(C(=O)OCC)N(c2ccc(C)cc2)C(N)=C(C#N)C1c1cc2ccccc2nc1Cl. The Morgan fingerprint density at radius 2 is 1.73 bits per heavy atom. The Morgan fingerprint density at radius 1 is 1.08 bits per heavy atom. The lowest BCUT2D eigenvalue weighted by Crippen LogP contribution is -2.41. The summed E-state index contributed by atoms with van der Waals surface area (Å²) < 4.78 is 10.7. The Morgan fingerprint density at radius 3 is 2.38 bits per heavy atom. The monoisotopic (exact) mass is 516 g/mol. The number of hydrogen-bond acceptors (Lipinski definition) is 8. The van der Waals surface area contributed by atoms with Gasteiger partial charge in [-0.05, 0) is 45.0 Å². The summed E-state index contributed by atoms with van der Waals surface area (Å²) in [6, 6.07) is 18.3. The Kier molecular flexibility index (Phi) is 7.46. The third-order valence-corrected chi connectivity index (χ3v) is 6.27. The smallest absolute Gasteiger partial charge is 0.355 e. The Labute approximate surface area is 219 Å². The highest BCUT2D eigenvalue weighted by Crippen LogP contribution is 2.45. The van der Waals surface area contributed by atoms with Gasteiger partial charge in [-0.15, -0.1) is 0 Å². The molecule has 1 unspecified atom stereocenters. The number of esters is 2. The lowest BCUT2D eigenvalue weighted by molar-refractivity contribution is -0.142. The van der Waals surface area contributed by atoms with Crippen LogP contribution >= 0.6 is 11.6 Å². The van der Waals surface area contributed by atoms with Crippen LogP contribution in [0.2, 0.25) is 5.15 Å². The molecule has 0 saturated heterocycles. The molecular formula is C28H25ClN4O4. The van der Waals surface area contributed by atoms with E-state index < -0.39 is 17.9 Å². The van der Waals surface area contributed by atoms with Crippen LogP contribution in [0.4, 0.5) is 5.69 Å². The van der Waals surface area contributed by atoms with Crippen LogP contribution in [0, 0.1) is 18.3 Å². The first-order valence-corrected chi connectivity index (χ1v) is 12.1. The molecule has 8 nitrogen and oxygen atoms in total. The number of fused-ring (bicyclic) bond motifs is 1. The van der Waals surface area contributed by atoms with E-state index in [2.05, 4.69) is 11.1 Å². The van der Waals surface area contributed by atoms with Gasteiger partial charge >= 0.3 is 11.9 Å². The van der Waals surface area contributed by atoms with Crippen molar-refractivity contribution in [2.45, 2.75) is 26.7 Å². The van der Waals surface area contributed by atoms with Gasteiger partial charge in [0, 0.05) is 16.6 Å². The molecule has 2 aromatic carbocycles. The highest BCUT2D eigenvalue weighted by molar-refractivity contribution is 6.31. The molecule has 0 aliphatic carbocycles. The molecule has 0 radical (unpaired) electrons. The van der Waals surface area contributed by atoms with Crippen LogP contribution in [-0.2, 0) is 19.1 Å². The number of nitrogens with zero attached hydrogens (tertiary/aromatic N) is 3. The number of carbonyl (C=O) groups is 2. The number of benzene rings is 2. The van der Waals surface area contributed by atoms with Gasteiger partial charge in [-0.3, -0.25) is 4.90 Å². The first-order valence-electron chi connectivity index (χ1n) is 11.7. The predicted molar refractivity (Wildman–Crippen MR) is 140 cm³/mol. The van der Waals surface area contributed by atoms with Crippen molar-refractivity contribution in [3.63, 3.8) is 0 Å². The van der Waals surface area contributed by atoms with Gasteiger partial charge < -0.3 is 15.2 Å². The fraction of sp³-hybridized carbons (Fsp3) is 0.214. The minimum atomic E-state index is -1.12. The molecule has 2 N–H and O–H groups in total. The minimum Gasteiger partial charge on any atom is -0.463 e. The number of anilines is 1. The van der Waals surface area contributed by atoms with Gasteiger partial charge in [0.15, 0.2) is 0 Å². The number of aryl methyl sites for hydroxylation is 1. The number of pyridine rings is 1. The summed E-state index contributed by atoms with van der Waals surface area (Å²) in [6.07, 6.45) is 0. The largest absolute Gasteiger partial charge is 0.463 e. The number of para-hydroxylation sites is 1. The van der Waals surface area contributed by atoms with Crippen LogP contribution in [0.15, 0.2) is 77.3 Å². The van der Waals surface area contributed by atoms with E-state index in [0.29, 0.717) is 16.8 Å². The molecule has 0 fully saturated rings. The number of nitriles is 1. The van der Waals surface area contributed by atoms with Gasteiger partial charge in [0.05, 0.1) is 41.9 Å². The summed E-state index contributed by atoms with van der Waals surface area (Å²) in [6.45, 7) is 5.32. The van der Waals surface area contributed by atoms with Crippen molar-refractivity contribution < 1.29 is 19.1 Å². The lowest BCUT2D eigenvalue weighted by atomic mass is 9.81. The van der Waals surface area contributed by atoms with Crippen molar-refractivity contribution in [3.8, 4) is 6.07 Å². The topological polar surface area (TPSA) is 119 Å². The summed E-state index contributed by atoms with van der Waals surface area (Å²) >= 11 is 6.62. The van der Waals surface area contributed by atoms with Gasteiger partial charge in [-0.1, -0.05) is 47.5 Å². The quantitative estimate of drug-likeness (QED) is 0.364. The number of allylic oxidation sites excluding steroid dienone is 1. The molecule has 0 amide bonds. The Bertz CT molecular complexity index is 1490. The molecule has 0 saturated carbocycles. The number of hydrogen-bond donors (Lipinski definition) is 1. The van der Waals surface area contributed by atoms with Crippen molar-refractivity contribution in [2.75, 3.05) is 18.1 Å². The average Bonchev–Trinajstić information content (AvgIpc) is 2.88. The number of nitrogens with two attached hydrogens (primary N) is 1. The molecule has 1 aliphatic rings. The second-order valence-electron chi connectivity index (χ2n) is 8.28. The summed E-state index contributed by atoms with van der Waals surface area (Å²) in [5.74, 6) is -2.73. The molecule has 1 atom stereocenters. The summed E-state index contributed by atoms with van der Waals surface area (Å²) in [7, 11) is 0. The van der Waals surface area contributed by atoms with Gasteiger partial charge in [0.2, 0.25) is 0 Å². The first kappa shape index (κ1) is 25.7. The highest BCUT2D eigenvalue weighted by Gasteiger charge is 2.44. The summed E-state index contributed by atoms with van der Waals surface area (Å²) in [5, 5.41) is 11.1. The lowest BCUT2D eigenvalue weighted by Gasteiger charge is -2.36. The van der Waals surface area contributed by atoms with Crippen molar-refractivity contribution >= 4 is 40.1 Å². The third kappa shape index (κ3) is 4.74. The molecule has 1 aliphatic heterocycles. The standard InChI is InChI=1S/C28H25ClN4O4/c1-4-36-27(34)23-22(19-14-17-8-6-7-9-21(17)32-25(19)29)20(15-30)26(31)33(24(23)28(35)37-5-2)18-12-10-16(3)11-13-18/h6-14,22H,4-5,31H2,1-3H3. The Balaban J connectivity index is 2.09. The van der Waals surface area contributed by atoms with Crippen LogP contribution in [0.3, 0.4) is 0 Å². The van der Waals surface area contributed by atoms with E-state index in [-0.39, 0.29) is 41.0 Å². The second kappa shape index (κ2) is 10.7. The molecule has 3 aromatic rings. The van der Waals surface area contributed by atoms with E-state index in [1.165, 1.54) is 4.90 Å². The zero-order valence-electron chi connectivity index (χ0n) is 20.6. The van der Waals surface area contributed by atoms with Crippen LogP contribution < -0.4 is 10.6 Å². The second-order valence-corrected chi connectivity index (χ2v) is 8.64. The van der Waals surface area contributed by atoms with Gasteiger partial charge in [-0.2, -0.15) is 5.26 Å². The van der Waals surface area contributed by atoms with Crippen molar-refractivity contribution in [2.24, 2.45) is 5.73 Å². The summed E-state index contributed by atoms with van der Waals surface area (Å²) in [5.41, 5.74) is 8.78. The van der Waals surface area contributed by atoms with Crippen LogP contribution in [0.1, 0.15) is 30.9 Å². The zero-order valence-corrected chi connectivity index (χ0v) is 21.4. The van der Waals surface area contributed by atoms with E-state index >= 15 is 0 Å². The van der Waals surface area contributed by atoms with Crippen LogP contribution in [-0.4, -0.2) is 30.1 Å². The molecule has 2 heterocycles. The van der Waals surface area contributed by atoms with E-state index in [1.54, 1.807) is 38.1 Å². The fourth-order valence-corrected chi connectivity index (χ4v) is 4.58. The maximum atomic E-state index is 13.5.